The Morgan fingerprint density at radius 3 is 2.34 bits per heavy atom. The van der Waals surface area contributed by atoms with Crippen molar-refractivity contribution in [1.29, 1.82) is 0 Å². The van der Waals surface area contributed by atoms with Crippen LogP contribution in [0.2, 0.25) is 0 Å². The molecule has 3 saturated carbocycles. The van der Waals surface area contributed by atoms with E-state index in [0.717, 1.165) is 43.9 Å². The van der Waals surface area contributed by atoms with E-state index in [4.69, 9.17) is 18.9 Å². The molecule has 0 heterocycles. The van der Waals surface area contributed by atoms with Crippen LogP contribution in [0.3, 0.4) is 0 Å². The molecule has 4 aliphatic carbocycles. The van der Waals surface area contributed by atoms with E-state index < -0.39 is 11.2 Å². The molecule has 1 aromatic carbocycles. The van der Waals surface area contributed by atoms with Gasteiger partial charge in [-0.1, -0.05) is 51.5 Å². The Bertz CT molecular complexity index is 1280. The molecule has 47 heavy (non-hydrogen) atoms. The number of fused-ring (bicyclic) bond motifs is 5. The summed E-state index contributed by atoms with van der Waals surface area (Å²) in [5.41, 5.74) is 1.52. The molecular weight excluding hydrogens is 588 g/mol. The van der Waals surface area contributed by atoms with E-state index in [-0.39, 0.29) is 36.2 Å². The van der Waals surface area contributed by atoms with E-state index >= 15 is 0 Å². The molecule has 0 N–H and O–H groups in total. The summed E-state index contributed by atoms with van der Waals surface area (Å²) in [5, 5.41) is 0. The van der Waals surface area contributed by atoms with Crippen molar-refractivity contribution >= 4 is 11.9 Å². The van der Waals surface area contributed by atoms with Crippen molar-refractivity contribution < 1.29 is 28.5 Å². The summed E-state index contributed by atoms with van der Waals surface area (Å²) in [6.45, 7) is 17.3. The molecule has 0 aromatic heterocycles. The second-order valence-corrected chi connectivity index (χ2v) is 17.4. The van der Waals surface area contributed by atoms with E-state index in [1.165, 1.54) is 37.7 Å². The maximum Gasteiger partial charge on any atom is 0.338 e. The maximum absolute atomic E-state index is 12.7. The van der Waals surface area contributed by atoms with Crippen LogP contribution in [-0.4, -0.2) is 49.1 Å². The summed E-state index contributed by atoms with van der Waals surface area (Å²) >= 11 is 0. The van der Waals surface area contributed by atoms with Crippen LogP contribution in [0, 0.1) is 40.4 Å². The first kappa shape index (κ1) is 36.1. The predicted molar refractivity (Wildman–Crippen MR) is 186 cm³/mol. The number of esters is 2. The van der Waals surface area contributed by atoms with Gasteiger partial charge in [0.15, 0.2) is 0 Å². The fourth-order valence-corrected chi connectivity index (χ4v) is 10.6. The third-order valence-electron chi connectivity index (χ3n) is 12.8. The highest BCUT2D eigenvalue weighted by atomic mass is 16.6. The van der Waals surface area contributed by atoms with E-state index in [9.17, 15) is 9.59 Å². The fourth-order valence-electron chi connectivity index (χ4n) is 10.6. The average molecular weight is 651 g/mol. The molecule has 6 nitrogen and oxygen atoms in total. The Balaban J connectivity index is 1.19. The smallest absolute Gasteiger partial charge is 0.338 e. The number of carbonyl (C=O) groups is 2. The van der Waals surface area contributed by atoms with Gasteiger partial charge >= 0.3 is 11.9 Å². The lowest BCUT2D eigenvalue weighted by atomic mass is 9.46. The van der Waals surface area contributed by atoms with E-state index in [2.05, 4.69) is 26.8 Å². The van der Waals surface area contributed by atoms with E-state index in [1.807, 2.05) is 65.0 Å². The highest BCUT2D eigenvalue weighted by Crippen LogP contribution is 2.67. The van der Waals surface area contributed by atoms with Gasteiger partial charge in [-0.3, -0.25) is 0 Å². The van der Waals surface area contributed by atoms with Gasteiger partial charge in [0.25, 0.3) is 0 Å². The molecule has 1 aromatic rings. The predicted octanol–water partition coefficient (Wildman–Crippen LogP) is 9.36. The van der Waals surface area contributed by atoms with Gasteiger partial charge in [-0.05, 0) is 151 Å². The van der Waals surface area contributed by atoms with Crippen molar-refractivity contribution in [3.8, 4) is 0 Å². The van der Waals surface area contributed by atoms with Crippen LogP contribution in [0.1, 0.15) is 130 Å². The molecule has 0 aliphatic heterocycles. The standard InChI is InChI=1S/C41H62O6/c1-27(14-13-23-39(5,6)47-37(43)28-15-11-10-12-16-28)30-19-20-31-29-17-18-33-36(44-9)34(45-26-35(42)46-38(2,3)4)22-25-41(33,8)32(29)21-24-40(30,31)7/h10-12,15-16,18,27,29-32,34,36H,13-14,17,19-26H2,1-9H3/t27-,29+,30-,31+,32+,34+,36-,40-,41-/m1/s1. The second kappa shape index (κ2) is 14.0. The van der Waals surface area contributed by atoms with Gasteiger partial charge in [-0.2, -0.15) is 0 Å². The number of hydrogen-bond acceptors (Lipinski definition) is 6. The van der Waals surface area contributed by atoms with Crippen LogP contribution in [0.5, 0.6) is 0 Å². The van der Waals surface area contributed by atoms with Gasteiger partial charge in [0.1, 0.15) is 23.9 Å². The Morgan fingerprint density at radius 2 is 1.66 bits per heavy atom. The van der Waals surface area contributed by atoms with Gasteiger partial charge in [-0.15, -0.1) is 0 Å². The highest BCUT2D eigenvalue weighted by Gasteiger charge is 2.60. The van der Waals surface area contributed by atoms with Gasteiger partial charge in [-0.25, -0.2) is 9.59 Å². The number of methoxy groups -OCH3 is 1. The highest BCUT2D eigenvalue weighted by molar-refractivity contribution is 5.89. The molecule has 0 radical (unpaired) electrons. The number of allylic oxidation sites excluding steroid dienone is 1. The quantitative estimate of drug-likeness (QED) is 0.176. The SMILES string of the molecule is CO[C@@H]1C2=CC[C@H]3[C@@H]4CC[C@H]([C@H](C)CCCC(C)(C)OC(=O)c5ccccc5)[C@@]4(C)CC[C@@H]3[C@@]2(C)CC[C@@H]1OCC(=O)OC(C)(C)C. The summed E-state index contributed by atoms with van der Waals surface area (Å²) in [5.74, 6) is 2.99. The van der Waals surface area contributed by atoms with Gasteiger partial charge in [0.2, 0.25) is 0 Å². The molecule has 0 unspecified atom stereocenters. The first-order valence-corrected chi connectivity index (χ1v) is 18.4. The van der Waals surface area contributed by atoms with Gasteiger partial charge < -0.3 is 18.9 Å². The van der Waals surface area contributed by atoms with E-state index in [0.29, 0.717) is 28.7 Å². The molecule has 3 fully saturated rings. The topological polar surface area (TPSA) is 71.1 Å². The van der Waals surface area contributed by atoms with Crippen LogP contribution < -0.4 is 0 Å². The van der Waals surface area contributed by atoms with E-state index in [1.54, 1.807) is 7.11 Å². The lowest BCUT2D eigenvalue weighted by molar-refractivity contribution is -0.167. The third-order valence-corrected chi connectivity index (χ3v) is 12.8. The van der Waals surface area contributed by atoms with Crippen molar-refractivity contribution in [2.45, 2.75) is 143 Å². The molecule has 9 atom stereocenters. The summed E-state index contributed by atoms with van der Waals surface area (Å²) in [6, 6.07) is 9.32. The van der Waals surface area contributed by atoms with Crippen molar-refractivity contribution in [1.82, 2.24) is 0 Å². The number of hydrogen-bond donors (Lipinski definition) is 0. The Kier molecular flexibility index (Phi) is 10.7. The monoisotopic (exact) mass is 650 g/mol. The summed E-state index contributed by atoms with van der Waals surface area (Å²) in [4.78, 5) is 25.1. The lowest BCUT2D eigenvalue weighted by Gasteiger charge is -2.59. The number of rotatable bonds is 11. The third kappa shape index (κ3) is 7.69. The van der Waals surface area contributed by atoms with Crippen LogP contribution in [-0.2, 0) is 23.7 Å². The Morgan fingerprint density at radius 1 is 0.936 bits per heavy atom. The number of benzene rings is 1. The Labute approximate surface area is 284 Å². The number of carbonyl (C=O) groups excluding carboxylic acids is 2. The zero-order valence-corrected chi connectivity index (χ0v) is 30.7. The summed E-state index contributed by atoms with van der Waals surface area (Å²) < 4.78 is 23.7. The molecule has 4 aliphatic rings. The minimum Gasteiger partial charge on any atom is -0.458 e. The summed E-state index contributed by atoms with van der Waals surface area (Å²) in [6.07, 6.45) is 13.7. The minimum atomic E-state index is -0.518. The molecular formula is C41H62O6. The second-order valence-electron chi connectivity index (χ2n) is 17.4. The van der Waals surface area contributed by atoms with Crippen molar-refractivity contribution in [3.05, 3.63) is 47.5 Å². The summed E-state index contributed by atoms with van der Waals surface area (Å²) in [7, 11) is 1.79. The van der Waals surface area contributed by atoms with Crippen LogP contribution in [0.15, 0.2) is 42.0 Å². The fraction of sp³-hybridized carbons (Fsp3) is 0.756. The minimum absolute atomic E-state index is 0.0336. The van der Waals surface area contributed by atoms with Crippen LogP contribution >= 0.6 is 0 Å². The van der Waals surface area contributed by atoms with Crippen molar-refractivity contribution in [3.63, 3.8) is 0 Å². The molecule has 0 saturated heterocycles. The van der Waals surface area contributed by atoms with Crippen molar-refractivity contribution in [2.75, 3.05) is 13.7 Å². The van der Waals surface area contributed by atoms with Crippen LogP contribution in [0.25, 0.3) is 0 Å². The molecule has 5 rings (SSSR count). The maximum atomic E-state index is 12.7. The first-order chi connectivity index (χ1) is 22.1. The molecule has 262 valence electrons. The van der Waals surface area contributed by atoms with Crippen LogP contribution in [0.4, 0.5) is 0 Å². The number of ether oxygens (including phenoxy) is 4. The van der Waals surface area contributed by atoms with Gasteiger partial charge in [0, 0.05) is 7.11 Å². The molecule has 6 heteroatoms. The Hall–Kier alpha value is -2.18. The zero-order valence-electron chi connectivity index (χ0n) is 30.7. The molecule has 0 bridgehead atoms. The zero-order chi connectivity index (χ0) is 34.2. The van der Waals surface area contributed by atoms with Crippen molar-refractivity contribution in [2.24, 2.45) is 40.4 Å². The normalized spacial score (nSPS) is 34.4. The molecule has 0 spiro atoms. The average Bonchev–Trinajstić information content (AvgIpc) is 3.36. The largest absolute Gasteiger partial charge is 0.458 e. The lowest BCUT2D eigenvalue weighted by Crippen LogP contribution is -2.54. The molecule has 0 amide bonds. The van der Waals surface area contributed by atoms with Gasteiger partial charge in [0.05, 0.1) is 11.7 Å². The first-order valence-electron chi connectivity index (χ1n) is 18.4.